The third-order valence-corrected chi connectivity index (χ3v) is 5.18. The van der Waals surface area contributed by atoms with Gasteiger partial charge in [-0.25, -0.2) is 4.99 Å². The lowest BCUT2D eigenvalue weighted by Gasteiger charge is -2.37. The second kappa shape index (κ2) is 14.1. The molecular weight excluding hydrogens is 497 g/mol. The zero-order valence-electron chi connectivity index (χ0n) is 18.2. The summed E-state index contributed by atoms with van der Waals surface area (Å²) in [6.07, 6.45) is 3.43. The van der Waals surface area contributed by atoms with Gasteiger partial charge < -0.3 is 29.2 Å². The van der Waals surface area contributed by atoms with Gasteiger partial charge in [-0.1, -0.05) is 12.1 Å². The maximum Gasteiger partial charge on any atom is 0.194 e. The highest BCUT2D eigenvalue weighted by molar-refractivity contribution is 14.0. The molecule has 8 heteroatoms. The first-order valence-electron chi connectivity index (χ1n) is 10.8. The van der Waals surface area contributed by atoms with Crippen molar-refractivity contribution in [3.63, 3.8) is 0 Å². The average molecular weight is 533 g/mol. The summed E-state index contributed by atoms with van der Waals surface area (Å²) in [5.41, 5.74) is 1.13. The third-order valence-electron chi connectivity index (χ3n) is 5.18. The molecule has 0 spiro atoms. The van der Waals surface area contributed by atoms with E-state index >= 15 is 0 Å². The lowest BCUT2D eigenvalue weighted by atomic mass is 10.1. The van der Waals surface area contributed by atoms with Gasteiger partial charge in [0.05, 0.1) is 25.9 Å². The molecule has 2 fully saturated rings. The predicted molar refractivity (Wildman–Crippen MR) is 129 cm³/mol. The van der Waals surface area contributed by atoms with Crippen LogP contribution in [0.3, 0.4) is 0 Å². The van der Waals surface area contributed by atoms with Crippen molar-refractivity contribution in [2.75, 3.05) is 53.2 Å². The average Bonchev–Trinajstić information content (AvgIpc) is 3.30. The Kier molecular flexibility index (Phi) is 11.8. The number of guanidine groups is 1. The van der Waals surface area contributed by atoms with Crippen LogP contribution in [-0.4, -0.2) is 76.2 Å². The SMILES string of the molecule is CCNC(=NCc1cccc(OCCCOC)c1)N1CCOC(C2CCCO2)C1.I. The molecule has 0 aromatic heterocycles. The molecule has 170 valence electrons. The summed E-state index contributed by atoms with van der Waals surface area (Å²) < 4.78 is 22.7. The van der Waals surface area contributed by atoms with Crippen LogP contribution in [0.15, 0.2) is 29.3 Å². The molecule has 30 heavy (non-hydrogen) atoms. The fraction of sp³-hybridized carbons (Fsp3) is 0.682. The summed E-state index contributed by atoms with van der Waals surface area (Å²) in [5, 5.41) is 3.43. The molecule has 1 aromatic carbocycles. The van der Waals surface area contributed by atoms with E-state index in [2.05, 4.69) is 29.3 Å². The van der Waals surface area contributed by atoms with Crippen LogP contribution in [0.1, 0.15) is 31.7 Å². The number of hydrogen-bond acceptors (Lipinski definition) is 5. The van der Waals surface area contributed by atoms with Gasteiger partial charge >= 0.3 is 0 Å². The minimum Gasteiger partial charge on any atom is -0.493 e. The highest BCUT2D eigenvalue weighted by atomic mass is 127. The normalized spacial score (nSPS) is 21.9. The van der Waals surface area contributed by atoms with Crippen molar-refractivity contribution in [1.82, 2.24) is 10.2 Å². The van der Waals surface area contributed by atoms with Gasteiger partial charge in [-0.05, 0) is 37.5 Å². The third kappa shape index (κ3) is 7.86. The molecule has 7 nitrogen and oxygen atoms in total. The molecule has 2 saturated heterocycles. The standard InChI is InChI=1S/C22H35N3O4.HI/c1-3-23-22(25-10-14-29-21(17-25)20-9-5-12-28-20)24-16-18-7-4-8-19(15-18)27-13-6-11-26-2;/h4,7-8,15,20-21H,3,5-6,9-14,16-17H2,1-2H3,(H,23,24);1H. The maximum atomic E-state index is 5.98. The molecule has 2 unspecified atom stereocenters. The first-order chi connectivity index (χ1) is 14.3. The Bertz CT molecular complexity index is 641. The molecule has 0 radical (unpaired) electrons. The first kappa shape index (κ1) is 25.2. The molecular formula is C22H36IN3O4. The topological polar surface area (TPSA) is 64.6 Å². The molecule has 1 aromatic rings. The van der Waals surface area contributed by atoms with Crippen LogP contribution in [0.5, 0.6) is 5.75 Å². The smallest absolute Gasteiger partial charge is 0.194 e. The highest BCUT2D eigenvalue weighted by Gasteiger charge is 2.32. The van der Waals surface area contributed by atoms with E-state index < -0.39 is 0 Å². The van der Waals surface area contributed by atoms with Gasteiger partial charge in [0.2, 0.25) is 0 Å². The van der Waals surface area contributed by atoms with Gasteiger partial charge in [0, 0.05) is 46.4 Å². The summed E-state index contributed by atoms with van der Waals surface area (Å²) in [4.78, 5) is 7.17. The van der Waals surface area contributed by atoms with Crippen molar-refractivity contribution in [3.8, 4) is 5.75 Å². The number of nitrogens with one attached hydrogen (secondary N) is 1. The fourth-order valence-electron chi connectivity index (χ4n) is 3.71. The first-order valence-corrected chi connectivity index (χ1v) is 10.8. The second-order valence-corrected chi connectivity index (χ2v) is 7.42. The number of hydrogen-bond donors (Lipinski definition) is 1. The fourth-order valence-corrected chi connectivity index (χ4v) is 3.71. The van der Waals surface area contributed by atoms with Crippen LogP contribution in [0.4, 0.5) is 0 Å². The molecule has 2 aliphatic rings. The van der Waals surface area contributed by atoms with Crippen LogP contribution in [-0.2, 0) is 20.8 Å². The van der Waals surface area contributed by atoms with Crippen molar-refractivity contribution in [1.29, 1.82) is 0 Å². The number of ether oxygens (including phenoxy) is 4. The van der Waals surface area contributed by atoms with E-state index in [9.17, 15) is 0 Å². The summed E-state index contributed by atoms with van der Waals surface area (Å²) in [7, 11) is 1.71. The molecule has 2 heterocycles. The Labute approximate surface area is 197 Å². The van der Waals surface area contributed by atoms with Crippen LogP contribution >= 0.6 is 24.0 Å². The lowest BCUT2D eigenvalue weighted by molar-refractivity contribution is -0.0817. The maximum absolute atomic E-state index is 5.98. The van der Waals surface area contributed by atoms with Gasteiger partial charge in [0.25, 0.3) is 0 Å². The van der Waals surface area contributed by atoms with E-state index in [1.807, 2.05) is 12.1 Å². The summed E-state index contributed by atoms with van der Waals surface area (Å²) >= 11 is 0. The molecule has 0 saturated carbocycles. The Morgan fingerprint density at radius 1 is 1.23 bits per heavy atom. The summed E-state index contributed by atoms with van der Waals surface area (Å²) in [6, 6.07) is 8.16. The molecule has 0 aliphatic carbocycles. The number of benzene rings is 1. The van der Waals surface area contributed by atoms with E-state index in [-0.39, 0.29) is 36.2 Å². The molecule has 0 bridgehead atoms. The molecule has 2 aliphatic heterocycles. The number of halogens is 1. The van der Waals surface area contributed by atoms with Gasteiger partial charge in [-0.2, -0.15) is 0 Å². The van der Waals surface area contributed by atoms with Crippen molar-refractivity contribution >= 4 is 29.9 Å². The zero-order chi connectivity index (χ0) is 20.3. The molecule has 0 amide bonds. The van der Waals surface area contributed by atoms with Crippen LogP contribution < -0.4 is 10.1 Å². The van der Waals surface area contributed by atoms with E-state index in [0.717, 1.165) is 62.8 Å². The van der Waals surface area contributed by atoms with Gasteiger partial charge in [0.1, 0.15) is 11.9 Å². The van der Waals surface area contributed by atoms with Gasteiger partial charge in [-0.3, -0.25) is 0 Å². The Morgan fingerprint density at radius 2 is 2.10 bits per heavy atom. The predicted octanol–water partition coefficient (Wildman–Crippen LogP) is 3.07. The summed E-state index contributed by atoms with van der Waals surface area (Å²) in [6.45, 7) is 8.13. The largest absolute Gasteiger partial charge is 0.493 e. The minimum atomic E-state index is 0. The van der Waals surface area contributed by atoms with Crippen molar-refractivity contribution in [2.45, 2.75) is 44.9 Å². The number of morpholine rings is 1. The Balaban J connectivity index is 0.00000320. The molecule has 2 atom stereocenters. The molecule has 3 rings (SSSR count). The Hall–Kier alpha value is -1.10. The minimum absolute atomic E-state index is 0. The zero-order valence-corrected chi connectivity index (χ0v) is 20.5. The highest BCUT2D eigenvalue weighted by Crippen LogP contribution is 2.21. The van der Waals surface area contributed by atoms with Crippen molar-refractivity contribution < 1.29 is 18.9 Å². The van der Waals surface area contributed by atoms with Crippen molar-refractivity contribution in [2.24, 2.45) is 4.99 Å². The number of nitrogens with zero attached hydrogens (tertiary/aromatic N) is 2. The second-order valence-electron chi connectivity index (χ2n) is 7.42. The van der Waals surface area contributed by atoms with E-state index in [4.69, 9.17) is 23.9 Å². The molecule has 1 N–H and O–H groups in total. The van der Waals surface area contributed by atoms with Gasteiger partial charge in [-0.15, -0.1) is 24.0 Å². The lowest BCUT2D eigenvalue weighted by Crippen LogP contribution is -2.53. The number of aliphatic imine (C=N–C) groups is 1. The quantitative estimate of drug-likeness (QED) is 0.228. The van der Waals surface area contributed by atoms with E-state index in [1.54, 1.807) is 7.11 Å². The van der Waals surface area contributed by atoms with Crippen LogP contribution in [0.25, 0.3) is 0 Å². The van der Waals surface area contributed by atoms with Crippen LogP contribution in [0.2, 0.25) is 0 Å². The Morgan fingerprint density at radius 3 is 2.87 bits per heavy atom. The summed E-state index contributed by atoms with van der Waals surface area (Å²) in [5.74, 6) is 1.81. The monoisotopic (exact) mass is 533 g/mol. The number of rotatable bonds is 9. The van der Waals surface area contributed by atoms with Crippen LogP contribution in [0, 0.1) is 0 Å². The van der Waals surface area contributed by atoms with E-state index in [1.165, 1.54) is 0 Å². The number of methoxy groups -OCH3 is 1. The van der Waals surface area contributed by atoms with Crippen molar-refractivity contribution in [3.05, 3.63) is 29.8 Å². The van der Waals surface area contributed by atoms with Gasteiger partial charge in [0.15, 0.2) is 5.96 Å². The van der Waals surface area contributed by atoms with E-state index in [0.29, 0.717) is 26.4 Å².